The summed E-state index contributed by atoms with van der Waals surface area (Å²) in [5, 5.41) is 29.5. The lowest BCUT2D eigenvalue weighted by Crippen LogP contribution is -2.14. The zero-order valence-corrected chi connectivity index (χ0v) is 18.0. The number of hydrogen-bond acceptors (Lipinski definition) is 3. The van der Waals surface area contributed by atoms with Gasteiger partial charge in [-0.25, -0.2) is 0 Å². The minimum absolute atomic E-state index is 0.127. The van der Waals surface area contributed by atoms with Crippen molar-refractivity contribution in [3.8, 4) is 11.5 Å². The van der Waals surface area contributed by atoms with Gasteiger partial charge in [0, 0.05) is 6.07 Å². The second-order valence-corrected chi connectivity index (χ2v) is 9.97. The van der Waals surface area contributed by atoms with Gasteiger partial charge in [-0.15, -0.1) is 0 Å². The van der Waals surface area contributed by atoms with Crippen molar-refractivity contribution in [2.45, 2.75) is 103 Å². The third kappa shape index (κ3) is 6.38. The Bertz CT molecular complexity index is 701. The fourth-order valence-electron chi connectivity index (χ4n) is 4.56. The molecule has 0 aliphatic heterocycles. The number of aryl methyl sites for hydroxylation is 1. The van der Waals surface area contributed by atoms with Crippen molar-refractivity contribution in [3.63, 3.8) is 0 Å². The zero-order chi connectivity index (χ0) is 20.9. The number of aliphatic carboxylic acids is 1. The van der Waals surface area contributed by atoms with E-state index in [1.54, 1.807) is 6.07 Å². The molecule has 3 N–H and O–H groups in total. The molecule has 4 heteroatoms. The van der Waals surface area contributed by atoms with Crippen LogP contribution < -0.4 is 0 Å². The van der Waals surface area contributed by atoms with Gasteiger partial charge in [-0.3, -0.25) is 4.79 Å². The van der Waals surface area contributed by atoms with Crippen molar-refractivity contribution in [2.24, 2.45) is 10.8 Å². The molecule has 0 unspecified atom stereocenters. The van der Waals surface area contributed by atoms with E-state index >= 15 is 0 Å². The van der Waals surface area contributed by atoms with Gasteiger partial charge in [0.05, 0.1) is 5.41 Å². The number of phenols is 2. The minimum atomic E-state index is -0.635. The molecule has 0 spiro atoms. The van der Waals surface area contributed by atoms with Crippen LogP contribution in [0.4, 0.5) is 0 Å². The van der Waals surface area contributed by atoms with Crippen LogP contribution in [-0.4, -0.2) is 21.3 Å². The lowest BCUT2D eigenvalue weighted by atomic mass is 9.93. The lowest BCUT2D eigenvalue weighted by molar-refractivity contribution is -0.143. The Morgan fingerprint density at radius 3 is 2.14 bits per heavy atom. The Morgan fingerprint density at radius 1 is 0.862 bits per heavy atom. The minimum Gasteiger partial charge on any atom is -0.508 e. The molecular formula is C25H38O4. The fraction of sp³-hybridized carbons (Fsp3) is 0.720. The third-order valence-corrected chi connectivity index (χ3v) is 7.27. The first kappa shape index (κ1) is 22.0. The number of hydrogen-bond donors (Lipinski definition) is 3. The molecule has 2 fully saturated rings. The van der Waals surface area contributed by atoms with E-state index in [0.29, 0.717) is 5.41 Å². The van der Waals surface area contributed by atoms with Crippen molar-refractivity contribution in [2.75, 3.05) is 0 Å². The van der Waals surface area contributed by atoms with Crippen LogP contribution in [-0.2, 0) is 17.6 Å². The molecule has 2 aliphatic rings. The monoisotopic (exact) mass is 402 g/mol. The van der Waals surface area contributed by atoms with Gasteiger partial charge in [0.15, 0.2) is 0 Å². The second-order valence-electron chi connectivity index (χ2n) is 9.97. The lowest BCUT2D eigenvalue weighted by Gasteiger charge is -2.13. The Kier molecular flexibility index (Phi) is 7.13. The molecule has 0 saturated heterocycles. The van der Waals surface area contributed by atoms with E-state index in [4.69, 9.17) is 0 Å². The number of phenolic OH excluding ortho intramolecular Hbond substituents is 2. The highest BCUT2D eigenvalue weighted by atomic mass is 16.4. The average Bonchev–Trinajstić information content (AvgIpc) is 3.57. The number of carbonyl (C=O) groups is 1. The maximum Gasteiger partial charge on any atom is 0.309 e. The second kappa shape index (κ2) is 9.40. The number of carboxylic acid groups (broad SMARTS) is 1. The van der Waals surface area contributed by atoms with Crippen molar-refractivity contribution >= 4 is 5.97 Å². The van der Waals surface area contributed by atoms with Crippen LogP contribution in [0.5, 0.6) is 11.5 Å². The van der Waals surface area contributed by atoms with Gasteiger partial charge in [-0.2, -0.15) is 0 Å². The van der Waals surface area contributed by atoms with E-state index in [0.717, 1.165) is 68.9 Å². The van der Waals surface area contributed by atoms with Crippen molar-refractivity contribution < 1.29 is 20.1 Å². The highest BCUT2D eigenvalue weighted by Crippen LogP contribution is 2.50. The molecule has 1 aromatic rings. The van der Waals surface area contributed by atoms with Crippen molar-refractivity contribution in [3.05, 3.63) is 23.3 Å². The number of unbranched alkanes of at least 4 members (excludes halogenated alkanes) is 5. The maximum absolute atomic E-state index is 11.3. The molecule has 2 saturated carbocycles. The zero-order valence-electron chi connectivity index (χ0n) is 18.0. The predicted octanol–water partition coefficient (Wildman–Crippen LogP) is 6.36. The van der Waals surface area contributed by atoms with Gasteiger partial charge in [-0.1, -0.05) is 39.0 Å². The first-order valence-corrected chi connectivity index (χ1v) is 11.6. The Balaban J connectivity index is 1.39. The first-order chi connectivity index (χ1) is 13.8. The van der Waals surface area contributed by atoms with E-state index in [2.05, 4.69) is 6.92 Å². The van der Waals surface area contributed by atoms with Crippen molar-refractivity contribution in [1.82, 2.24) is 0 Å². The van der Waals surface area contributed by atoms with E-state index < -0.39 is 11.4 Å². The molecule has 0 aromatic heterocycles. The summed E-state index contributed by atoms with van der Waals surface area (Å²) in [6.45, 7) is 2.39. The van der Waals surface area contributed by atoms with Gasteiger partial charge < -0.3 is 15.3 Å². The summed E-state index contributed by atoms with van der Waals surface area (Å²) in [5.74, 6) is -0.293. The van der Waals surface area contributed by atoms with Crippen LogP contribution in [0.15, 0.2) is 12.1 Å². The maximum atomic E-state index is 11.3. The molecule has 162 valence electrons. The molecule has 4 nitrogen and oxygen atoms in total. The number of carboxylic acids is 1. The third-order valence-electron chi connectivity index (χ3n) is 7.27. The average molecular weight is 403 g/mol. The first-order valence-electron chi connectivity index (χ1n) is 11.6. The predicted molar refractivity (Wildman–Crippen MR) is 115 cm³/mol. The highest BCUT2D eigenvalue weighted by Gasteiger charge is 2.49. The smallest absolute Gasteiger partial charge is 0.309 e. The van der Waals surface area contributed by atoms with E-state index in [-0.39, 0.29) is 11.5 Å². The Morgan fingerprint density at radius 2 is 1.48 bits per heavy atom. The number of benzene rings is 1. The summed E-state index contributed by atoms with van der Waals surface area (Å²) >= 11 is 0. The summed E-state index contributed by atoms with van der Waals surface area (Å²) in [7, 11) is 0. The molecular weight excluding hydrogens is 364 g/mol. The molecule has 29 heavy (non-hydrogen) atoms. The quantitative estimate of drug-likeness (QED) is 0.316. The van der Waals surface area contributed by atoms with E-state index in [1.807, 2.05) is 0 Å². The summed E-state index contributed by atoms with van der Waals surface area (Å²) < 4.78 is 0. The van der Waals surface area contributed by atoms with Gasteiger partial charge >= 0.3 is 5.97 Å². The van der Waals surface area contributed by atoms with Crippen LogP contribution in [0.1, 0.15) is 102 Å². The van der Waals surface area contributed by atoms with Gasteiger partial charge in [0.25, 0.3) is 0 Å². The summed E-state index contributed by atoms with van der Waals surface area (Å²) in [4.78, 5) is 11.3. The van der Waals surface area contributed by atoms with E-state index in [1.165, 1.54) is 44.6 Å². The number of aromatic hydroxyl groups is 2. The largest absolute Gasteiger partial charge is 0.508 e. The summed E-state index contributed by atoms with van der Waals surface area (Å²) in [6, 6.07) is 3.25. The number of rotatable bonds is 14. The standard InChI is InChI=1S/C25H38O4/c1-24(13-14-24)11-7-3-2-6-10-21-19(17-20(26)18-22(21)27)9-5-4-8-12-25(15-16-25)23(28)29/h17-18,26-27H,2-16H2,1H3,(H,28,29). The Labute approximate surface area is 175 Å². The molecule has 0 amide bonds. The van der Waals surface area contributed by atoms with Gasteiger partial charge in [0.1, 0.15) is 11.5 Å². The van der Waals surface area contributed by atoms with Crippen molar-refractivity contribution in [1.29, 1.82) is 0 Å². The molecule has 3 rings (SSSR count). The topological polar surface area (TPSA) is 77.8 Å². The normalized spacial score (nSPS) is 18.5. The van der Waals surface area contributed by atoms with Crippen LogP contribution in [0.2, 0.25) is 0 Å². The van der Waals surface area contributed by atoms with Gasteiger partial charge in [-0.05, 0) is 86.8 Å². The van der Waals surface area contributed by atoms with Crippen LogP contribution in [0.3, 0.4) is 0 Å². The van der Waals surface area contributed by atoms with Crippen LogP contribution >= 0.6 is 0 Å². The molecule has 0 bridgehead atoms. The molecule has 2 aliphatic carbocycles. The SMILES string of the molecule is CC1(CCCCCCc2c(O)cc(O)cc2CCCCCC2(C(=O)O)CC2)CC1. The molecule has 0 heterocycles. The van der Waals surface area contributed by atoms with Crippen LogP contribution in [0, 0.1) is 10.8 Å². The molecule has 1 aromatic carbocycles. The van der Waals surface area contributed by atoms with Gasteiger partial charge in [0.2, 0.25) is 0 Å². The molecule has 0 radical (unpaired) electrons. The van der Waals surface area contributed by atoms with E-state index in [9.17, 15) is 20.1 Å². The fourth-order valence-corrected chi connectivity index (χ4v) is 4.56. The van der Waals surface area contributed by atoms with Crippen LogP contribution in [0.25, 0.3) is 0 Å². The summed E-state index contributed by atoms with van der Waals surface area (Å²) in [6.07, 6.45) is 16.0. The molecule has 0 atom stereocenters. The summed E-state index contributed by atoms with van der Waals surface area (Å²) in [5.41, 5.74) is 2.26. The Hall–Kier alpha value is -1.71. The highest BCUT2D eigenvalue weighted by molar-refractivity contribution is 5.77.